The quantitative estimate of drug-likeness (QED) is 0.356. The zero-order valence-electron chi connectivity index (χ0n) is 25.4. The van der Waals surface area contributed by atoms with Gasteiger partial charge in [0.05, 0.1) is 18.2 Å². The van der Waals surface area contributed by atoms with Crippen molar-refractivity contribution in [2.24, 2.45) is 5.41 Å². The van der Waals surface area contributed by atoms with Crippen molar-refractivity contribution < 1.29 is 14.3 Å². The molecule has 3 unspecified atom stereocenters. The van der Waals surface area contributed by atoms with Crippen LogP contribution in [0.25, 0.3) is 22.2 Å². The van der Waals surface area contributed by atoms with Crippen molar-refractivity contribution >= 4 is 34.7 Å². The number of nitrogens with zero attached hydrogens (tertiary/aromatic N) is 3. The van der Waals surface area contributed by atoms with Gasteiger partial charge in [0.2, 0.25) is 5.91 Å². The molecule has 0 radical (unpaired) electrons. The van der Waals surface area contributed by atoms with E-state index in [1.807, 2.05) is 12.3 Å². The highest BCUT2D eigenvalue weighted by molar-refractivity contribution is 7.97. The monoisotopic (exact) mass is 598 g/mol. The number of piperazine rings is 1. The van der Waals surface area contributed by atoms with Gasteiger partial charge >= 0.3 is 0 Å². The molecule has 8 rings (SSSR count). The molecule has 2 amide bonds. The van der Waals surface area contributed by atoms with E-state index in [0.717, 1.165) is 37.3 Å². The average Bonchev–Trinajstić information content (AvgIpc) is 3.46. The summed E-state index contributed by atoms with van der Waals surface area (Å²) in [6.07, 6.45) is 11.3. The molecule has 43 heavy (non-hydrogen) atoms. The third-order valence-corrected chi connectivity index (χ3v) is 11.7. The minimum absolute atomic E-state index is 0.0764. The highest BCUT2D eigenvalue weighted by atomic mass is 32.2. The van der Waals surface area contributed by atoms with E-state index in [2.05, 4.69) is 49.4 Å². The molecular formula is C35H42N4O3S. The first-order valence-corrected chi connectivity index (χ1v) is 17.5. The zero-order chi connectivity index (χ0) is 29.3. The summed E-state index contributed by atoms with van der Waals surface area (Å²) < 4.78 is 11.1. The van der Waals surface area contributed by atoms with E-state index in [4.69, 9.17) is 4.74 Å². The van der Waals surface area contributed by atoms with Crippen molar-refractivity contribution in [1.82, 2.24) is 19.1 Å². The van der Waals surface area contributed by atoms with Gasteiger partial charge in [0, 0.05) is 66.4 Å². The molecule has 2 aliphatic carbocycles. The van der Waals surface area contributed by atoms with Gasteiger partial charge in [-0.25, -0.2) is 0 Å². The Morgan fingerprint density at radius 1 is 1.00 bits per heavy atom. The van der Waals surface area contributed by atoms with Crippen molar-refractivity contribution in [3.63, 3.8) is 0 Å². The fraction of sp³-hybridized carbons (Fsp3) is 0.543. The van der Waals surface area contributed by atoms with E-state index in [1.54, 1.807) is 7.11 Å². The minimum atomic E-state index is -0.472. The van der Waals surface area contributed by atoms with Crippen LogP contribution in [0.2, 0.25) is 0 Å². The Labute approximate surface area is 258 Å². The van der Waals surface area contributed by atoms with Crippen molar-refractivity contribution in [2.45, 2.75) is 75.8 Å². The average molecular weight is 599 g/mol. The van der Waals surface area contributed by atoms with Gasteiger partial charge in [-0.05, 0) is 86.0 Å². The predicted molar refractivity (Wildman–Crippen MR) is 172 cm³/mol. The summed E-state index contributed by atoms with van der Waals surface area (Å²) in [6, 6.07) is 13.3. The third kappa shape index (κ3) is 4.34. The molecule has 226 valence electrons. The molecule has 1 aromatic heterocycles. The summed E-state index contributed by atoms with van der Waals surface area (Å²) in [5.74, 6) is 1.75. The van der Waals surface area contributed by atoms with E-state index in [9.17, 15) is 9.59 Å². The summed E-state index contributed by atoms with van der Waals surface area (Å²) in [4.78, 5) is 32.5. The molecule has 2 aromatic carbocycles. The molecule has 1 N–H and O–H groups in total. The second kappa shape index (κ2) is 10.6. The Balaban J connectivity index is 1.31. The molecule has 2 saturated heterocycles. The molecule has 0 bridgehead atoms. The van der Waals surface area contributed by atoms with Crippen LogP contribution in [-0.2, 0) is 11.3 Å². The number of nitrogens with one attached hydrogen (secondary N) is 1. The third-order valence-electron chi connectivity index (χ3n) is 11.3. The lowest BCUT2D eigenvalue weighted by molar-refractivity contribution is -0.140. The zero-order valence-corrected chi connectivity index (χ0v) is 26.2. The van der Waals surface area contributed by atoms with Crippen LogP contribution < -0.4 is 9.46 Å². The van der Waals surface area contributed by atoms with Crippen molar-refractivity contribution in [3.8, 4) is 17.0 Å². The first kappa shape index (κ1) is 27.6. The molecule has 0 spiro atoms. The number of hydrogen-bond donors (Lipinski definition) is 1. The fourth-order valence-corrected chi connectivity index (χ4v) is 9.37. The van der Waals surface area contributed by atoms with Gasteiger partial charge in [-0.15, -0.1) is 0 Å². The van der Waals surface area contributed by atoms with Crippen LogP contribution in [0, 0.1) is 5.41 Å². The second-order valence-corrected chi connectivity index (χ2v) is 14.1. The summed E-state index contributed by atoms with van der Waals surface area (Å²) in [7, 11) is 1.73. The van der Waals surface area contributed by atoms with Gasteiger partial charge in [-0.2, -0.15) is 0 Å². The largest absolute Gasteiger partial charge is 0.497 e. The molecule has 3 atom stereocenters. The van der Waals surface area contributed by atoms with E-state index in [1.165, 1.54) is 91.2 Å². The fourth-order valence-electron chi connectivity index (χ4n) is 9.06. The molecule has 3 aliphatic heterocycles. The Hall–Kier alpha value is -2.97. The lowest BCUT2D eigenvalue weighted by Crippen LogP contribution is -2.54. The number of rotatable bonds is 5. The van der Waals surface area contributed by atoms with Crippen molar-refractivity contribution in [2.75, 3.05) is 39.5 Å². The molecule has 8 heteroatoms. The van der Waals surface area contributed by atoms with E-state index in [-0.39, 0.29) is 11.8 Å². The normalized spacial score (nSPS) is 26.7. The second-order valence-electron chi connectivity index (χ2n) is 13.5. The molecule has 5 aliphatic rings. The number of benzene rings is 2. The number of ether oxygens (including phenoxy) is 1. The van der Waals surface area contributed by atoms with Crippen LogP contribution in [-0.4, -0.2) is 71.8 Å². The van der Waals surface area contributed by atoms with Crippen LogP contribution >= 0.6 is 11.9 Å². The Bertz CT molecular complexity index is 1610. The number of fused-ring (bicyclic) bond motifs is 8. The topological polar surface area (TPSA) is 66.8 Å². The number of carbonyl (C=O) groups excluding carboxylic acids is 2. The van der Waals surface area contributed by atoms with Crippen molar-refractivity contribution in [3.05, 3.63) is 53.1 Å². The summed E-state index contributed by atoms with van der Waals surface area (Å²) in [6.45, 7) is 4.48. The SMILES string of the molecule is COc1ccc2c(c1)C1CC1(C(=O)N1CCN3CCCC3C1)Cn1c-2c(C2CCCCC2)c2ccc(C(=O)NSC)cc21. The molecule has 7 nitrogen and oxygen atoms in total. The predicted octanol–water partition coefficient (Wildman–Crippen LogP) is 6.17. The van der Waals surface area contributed by atoms with Gasteiger partial charge in [-0.1, -0.05) is 37.3 Å². The number of hydrogen-bond acceptors (Lipinski definition) is 5. The molecule has 3 aromatic rings. The minimum Gasteiger partial charge on any atom is -0.497 e. The van der Waals surface area contributed by atoms with Crippen LogP contribution in [0.4, 0.5) is 0 Å². The number of carbonyl (C=O) groups is 2. The van der Waals surface area contributed by atoms with E-state index < -0.39 is 5.41 Å². The first-order valence-electron chi connectivity index (χ1n) is 16.2. The van der Waals surface area contributed by atoms with E-state index >= 15 is 0 Å². The lowest BCUT2D eigenvalue weighted by Gasteiger charge is -2.39. The summed E-state index contributed by atoms with van der Waals surface area (Å²) >= 11 is 1.33. The standard InChI is InChI=1S/C35H42N4O3S/c1-42-25-11-13-26-28(18-25)29-19-35(29,34(41)38-16-15-37-14-6-9-24(37)20-38)21-39-30-17-23(33(40)36-43-2)10-12-27(30)31(32(26)39)22-7-4-3-5-8-22/h10-13,17-18,22,24,29H,3-9,14-16,19-21H2,1-2H3,(H,36,40). The smallest absolute Gasteiger partial charge is 0.261 e. The first-order chi connectivity index (χ1) is 21.0. The highest BCUT2D eigenvalue weighted by Gasteiger charge is 2.64. The van der Waals surface area contributed by atoms with Gasteiger partial charge < -0.3 is 14.2 Å². The number of methoxy groups -OCH3 is 1. The maximum atomic E-state index is 14.7. The van der Waals surface area contributed by atoms with Crippen LogP contribution in [0.15, 0.2) is 36.4 Å². The maximum Gasteiger partial charge on any atom is 0.261 e. The van der Waals surface area contributed by atoms with Gasteiger partial charge in [0.25, 0.3) is 5.91 Å². The van der Waals surface area contributed by atoms with Crippen molar-refractivity contribution in [1.29, 1.82) is 0 Å². The van der Waals surface area contributed by atoms with Gasteiger partial charge in [0.15, 0.2) is 0 Å². The summed E-state index contributed by atoms with van der Waals surface area (Å²) in [5, 5.41) is 1.24. The van der Waals surface area contributed by atoms with Crippen LogP contribution in [0.1, 0.15) is 84.7 Å². The molecule has 4 heterocycles. The Kier molecular flexibility index (Phi) is 6.79. The van der Waals surface area contributed by atoms with Gasteiger partial charge in [0.1, 0.15) is 5.75 Å². The molecular weight excluding hydrogens is 556 g/mol. The van der Waals surface area contributed by atoms with Crippen LogP contribution in [0.3, 0.4) is 0 Å². The number of aromatic nitrogens is 1. The molecule has 2 saturated carbocycles. The van der Waals surface area contributed by atoms with Gasteiger partial charge in [-0.3, -0.25) is 19.2 Å². The maximum absolute atomic E-state index is 14.7. The summed E-state index contributed by atoms with van der Waals surface area (Å²) in [5.41, 5.74) is 6.47. The Morgan fingerprint density at radius 3 is 2.67 bits per heavy atom. The van der Waals surface area contributed by atoms with Crippen LogP contribution in [0.5, 0.6) is 5.75 Å². The lowest BCUT2D eigenvalue weighted by atomic mass is 9.81. The highest BCUT2D eigenvalue weighted by Crippen LogP contribution is 2.66. The molecule has 4 fully saturated rings. The Morgan fingerprint density at radius 2 is 1.86 bits per heavy atom. The van der Waals surface area contributed by atoms with E-state index in [0.29, 0.717) is 30.0 Å². The number of amides is 2.